The zero-order valence-corrected chi connectivity index (χ0v) is 11.7. The molecule has 3 N–H and O–H groups in total. The van der Waals surface area contributed by atoms with E-state index in [2.05, 4.69) is 0 Å². The molecule has 0 heterocycles. The van der Waals surface area contributed by atoms with Crippen molar-refractivity contribution in [2.24, 2.45) is 5.14 Å². The van der Waals surface area contributed by atoms with Crippen molar-refractivity contribution in [3.63, 3.8) is 0 Å². The number of nitrogens with two attached hydrogens (primary N) is 1. The average molecular weight is 286 g/mol. The molecule has 0 aromatic heterocycles. The average Bonchev–Trinajstić information content (AvgIpc) is 2.27. The van der Waals surface area contributed by atoms with Crippen LogP contribution in [0.2, 0.25) is 0 Å². The van der Waals surface area contributed by atoms with E-state index in [9.17, 15) is 13.2 Å². The van der Waals surface area contributed by atoms with E-state index in [0.717, 1.165) is 0 Å². The third-order valence-corrected chi connectivity index (χ3v) is 3.63. The van der Waals surface area contributed by atoms with Gasteiger partial charge in [0.2, 0.25) is 10.0 Å². The largest absolute Gasteiger partial charge is 0.481 e. The molecule has 1 aromatic carbocycles. The SMILES string of the molecule is CC(C)N(CCC(=O)O)c1ccccc1S(N)(=O)=O. The standard InChI is InChI=1S/C12H18N2O4S/c1-9(2)14(8-7-12(15)16)10-5-3-4-6-11(10)19(13,17)18/h3-6,9H,7-8H2,1-2H3,(H,15,16)(H2,13,17,18). The van der Waals surface area contributed by atoms with Crippen LogP contribution >= 0.6 is 0 Å². The molecule has 0 spiro atoms. The first kappa shape index (κ1) is 15.5. The van der Waals surface area contributed by atoms with E-state index in [1.165, 1.54) is 6.07 Å². The highest BCUT2D eigenvalue weighted by atomic mass is 32.2. The van der Waals surface area contributed by atoms with Crippen LogP contribution in [-0.4, -0.2) is 32.1 Å². The summed E-state index contributed by atoms with van der Waals surface area (Å²) >= 11 is 0. The number of carboxylic acids is 1. The first-order valence-electron chi connectivity index (χ1n) is 5.83. The number of primary sulfonamides is 1. The van der Waals surface area contributed by atoms with Crippen LogP contribution in [-0.2, 0) is 14.8 Å². The fraction of sp³-hybridized carbons (Fsp3) is 0.417. The summed E-state index contributed by atoms with van der Waals surface area (Å²) in [6.45, 7) is 3.95. The molecule has 0 bridgehead atoms. The van der Waals surface area contributed by atoms with E-state index in [-0.39, 0.29) is 23.9 Å². The van der Waals surface area contributed by atoms with Crippen molar-refractivity contribution in [1.82, 2.24) is 0 Å². The first-order valence-corrected chi connectivity index (χ1v) is 7.38. The molecule has 0 saturated carbocycles. The molecule has 1 aromatic rings. The van der Waals surface area contributed by atoms with Gasteiger partial charge in [-0.05, 0) is 26.0 Å². The van der Waals surface area contributed by atoms with Crippen LogP contribution in [0.25, 0.3) is 0 Å². The molecule has 6 nitrogen and oxygen atoms in total. The molecule has 0 aliphatic rings. The van der Waals surface area contributed by atoms with Crippen LogP contribution < -0.4 is 10.0 Å². The lowest BCUT2D eigenvalue weighted by Gasteiger charge is -2.29. The number of anilines is 1. The molecule has 19 heavy (non-hydrogen) atoms. The maximum atomic E-state index is 11.6. The van der Waals surface area contributed by atoms with Crippen LogP contribution in [0.4, 0.5) is 5.69 Å². The van der Waals surface area contributed by atoms with E-state index in [0.29, 0.717) is 5.69 Å². The Morgan fingerprint density at radius 1 is 1.37 bits per heavy atom. The van der Waals surface area contributed by atoms with Gasteiger partial charge in [0, 0.05) is 12.6 Å². The Hall–Kier alpha value is -1.60. The van der Waals surface area contributed by atoms with Crippen molar-refractivity contribution >= 4 is 21.7 Å². The Bertz CT molecular complexity index is 555. The molecular weight excluding hydrogens is 268 g/mol. The second-order valence-electron chi connectivity index (χ2n) is 4.44. The number of carboxylic acid groups (broad SMARTS) is 1. The minimum absolute atomic E-state index is 0.00842. The van der Waals surface area contributed by atoms with Crippen LogP contribution in [0, 0.1) is 0 Å². The Balaban J connectivity index is 3.20. The molecule has 1 rings (SSSR count). The van der Waals surface area contributed by atoms with Crippen LogP contribution in [0.15, 0.2) is 29.2 Å². The van der Waals surface area contributed by atoms with Crippen LogP contribution in [0.3, 0.4) is 0 Å². The van der Waals surface area contributed by atoms with Crippen molar-refractivity contribution in [2.75, 3.05) is 11.4 Å². The van der Waals surface area contributed by atoms with E-state index in [4.69, 9.17) is 10.2 Å². The summed E-state index contributed by atoms with van der Waals surface area (Å²) in [7, 11) is -3.84. The molecular formula is C12H18N2O4S. The zero-order chi connectivity index (χ0) is 14.6. The second-order valence-corrected chi connectivity index (χ2v) is 5.97. The number of hydrogen-bond acceptors (Lipinski definition) is 4. The lowest BCUT2D eigenvalue weighted by atomic mass is 10.2. The number of aliphatic carboxylic acids is 1. The molecule has 106 valence electrons. The van der Waals surface area contributed by atoms with Gasteiger partial charge in [-0.1, -0.05) is 12.1 Å². The van der Waals surface area contributed by atoms with Crippen molar-refractivity contribution < 1.29 is 18.3 Å². The smallest absolute Gasteiger partial charge is 0.305 e. The summed E-state index contributed by atoms with van der Waals surface area (Å²) in [5, 5.41) is 13.9. The minimum atomic E-state index is -3.84. The zero-order valence-electron chi connectivity index (χ0n) is 10.9. The molecule has 7 heteroatoms. The number of benzene rings is 1. The predicted molar refractivity (Wildman–Crippen MR) is 72.6 cm³/mol. The Morgan fingerprint density at radius 2 is 1.95 bits per heavy atom. The van der Waals surface area contributed by atoms with Gasteiger partial charge in [-0.15, -0.1) is 0 Å². The van der Waals surface area contributed by atoms with Crippen LogP contribution in [0.1, 0.15) is 20.3 Å². The van der Waals surface area contributed by atoms with E-state index in [1.54, 1.807) is 23.1 Å². The number of para-hydroxylation sites is 1. The van der Waals surface area contributed by atoms with Gasteiger partial charge in [0.25, 0.3) is 0 Å². The molecule has 0 saturated heterocycles. The summed E-state index contributed by atoms with van der Waals surface area (Å²) in [6, 6.07) is 6.28. The van der Waals surface area contributed by atoms with Gasteiger partial charge in [-0.3, -0.25) is 4.79 Å². The van der Waals surface area contributed by atoms with E-state index < -0.39 is 16.0 Å². The number of hydrogen-bond donors (Lipinski definition) is 2. The van der Waals surface area contributed by atoms with E-state index in [1.807, 2.05) is 13.8 Å². The van der Waals surface area contributed by atoms with E-state index >= 15 is 0 Å². The molecule has 0 fully saturated rings. The number of carbonyl (C=O) groups is 1. The molecule has 0 aliphatic heterocycles. The minimum Gasteiger partial charge on any atom is -0.481 e. The Morgan fingerprint density at radius 3 is 2.42 bits per heavy atom. The lowest BCUT2D eigenvalue weighted by molar-refractivity contribution is -0.136. The summed E-state index contributed by atoms with van der Waals surface area (Å²) in [5.74, 6) is -0.932. The highest BCUT2D eigenvalue weighted by Crippen LogP contribution is 2.25. The summed E-state index contributed by atoms with van der Waals surface area (Å²) in [4.78, 5) is 12.4. The monoisotopic (exact) mass is 286 g/mol. The molecule has 0 atom stereocenters. The number of nitrogens with zero attached hydrogens (tertiary/aromatic N) is 1. The number of rotatable bonds is 6. The quantitative estimate of drug-likeness (QED) is 0.813. The molecule has 0 amide bonds. The Labute approximate surface area is 112 Å². The van der Waals surface area contributed by atoms with Crippen molar-refractivity contribution in [3.8, 4) is 0 Å². The lowest BCUT2D eigenvalue weighted by Crippen LogP contribution is -2.34. The second kappa shape index (κ2) is 6.03. The fourth-order valence-corrected chi connectivity index (χ4v) is 2.55. The van der Waals surface area contributed by atoms with Gasteiger partial charge < -0.3 is 10.0 Å². The molecule has 0 radical (unpaired) electrons. The van der Waals surface area contributed by atoms with Crippen molar-refractivity contribution in [1.29, 1.82) is 0 Å². The maximum Gasteiger partial charge on any atom is 0.305 e. The molecule has 0 unspecified atom stereocenters. The highest BCUT2D eigenvalue weighted by molar-refractivity contribution is 7.89. The highest BCUT2D eigenvalue weighted by Gasteiger charge is 2.20. The third-order valence-electron chi connectivity index (χ3n) is 2.67. The van der Waals surface area contributed by atoms with Gasteiger partial charge in [0.15, 0.2) is 0 Å². The first-order chi connectivity index (χ1) is 8.73. The summed E-state index contributed by atoms with van der Waals surface area (Å²) < 4.78 is 23.1. The van der Waals surface area contributed by atoms with Gasteiger partial charge in [0.05, 0.1) is 12.1 Å². The van der Waals surface area contributed by atoms with Gasteiger partial charge >= 0.3 is 5.97 Å². The van der Waals surface area contributed by atoms with Crippen molar-refractivity contribution in [2.45, 2.75) is 31.2 Å². The summed E-state index contributed by atoms with van der Waals surface area (Å²) in [6.07, 6.45) is -0.0723. The Kier molecular flexibility index (Phi) is 4.90. The molecule has 0 aliphatic carbocycles. The number of sulfonamides is 1. The van der Waals surface area contributed by atoms with Gasteiger partial charge in [-0.25, -0.2) is 13.6 Å². The topological polar surface area (TPSA) is 101 Å². The normalized spacial score (nSPS) is 11.6. The maximum absolute atomic E-state index is 11.6. The van der Waals surface area contributed by atoms with Gasteiger partial charge in [-0.2, -0.15) is 0 Å². The van der Waals surface area contributed by atoms with Crippen molar-refractivity contribution in [3.05, 3.63) is 24.3 Å². The summed E-state index contributed by atoms with van der Waals surface area (Å²) in [5.41, 5.74) is 0.432. The fourth-order valence-electron chi connectivity index (χ4n) is 1.81. The van der Waals surface area contributed by atoms with Crippen LogP contribution in [0.5, 0.6) is 0 Å². The van der Waals surface area contributed by atoms with Gasteiger partial charge in [0.1, 0.15) is 4.90 Å². The predicted octanol–water partition coefficient (Wildman–Crippen LogP) is 1.02. The third kappa shape index (κ3) is 4.22.